The third-order valence-corrected chi connectivity index (χ3v) is 5.47. The molecule has 3 rings (SSSR count). The van der Waals surface area contributed by atoms with E-state index in [1.165, 1.54) is 11.1 Å². The third kappa shape index (κ3) is 2.03. The summed E-state index contributed by atoms with van der Waals surface area (Å²) in [6, 6.07) is 16.2. The minimum atomic E-state index is -1.41. The van der Waals surface area contributed by atoms with E-state index in [0.717, 1.165) is 11.1 Å². The van der Waals surface area contributed by atoms with E-state index in [2.05, 4.69) is 0 Å². The molecule has 0 amide bonds. The second kappa shape index (κ2) is 4.86. The SMILES string of the molecule is Cc1ccc(C2(c3ccc(C)cc3)CC(=O)C2(Cl)Cl)cc1. The summed E-state index contributed by atoms with van der Waals surface area (Å²) < 4.78 is -1.41. The number of halogens is 2. The van der Waals surface area contributed by atoms with Gasteiger partial charge in [0.05, 0.1) is 5.41 Å². The Kier molecular flexibility index (Phi) is 3.38. The quantitative estimate of drug-likeness (QED) is 0.731. The number of carbonyl (C=O) groups excluding carboxylic acids is 1. The molecule has 1 aliphatic carbocycles. The Morgan fingerprint density at radius 3 is 1.48 bits per heavy atom. The molecule has 2 aromatic rings. The van der Waals surface area contributed by atoms with Gasteiger partial charge >= 0.3 is 0 Å². The minimum Gasteiger partial charge on any atom is -0.296 e. The minimum absolute atomic E-state index is 0.119. The number of carbonyl (C=O) groups is 1. The fourth-order valence-electron chi connectivity index (χ4n) is 3.00. The molecule has 1 fully saturated rings. The van der Waals surface area contributed by atoms with Crippen LogP contribution in [0.15, 0.2) is 48.5 Å². The van der Waals surface area contributed by atoms with Crippen molar-refractivity contribution in [1.82, 2.24) is 0 Å². The summed E-state index contributed by atoms with van der Waals surface area (Å²) in [6.45, 7) is 4.06. The van der Waals surface area contributed by atoms with E-state index in [1.54, 1.807) is 0 Å². The van der Waals surface area contributed by atoms with E-state index < -0.39 is 9.75 Å². The molecule has 1 saturated carbocycles. The van der Waals surface area contributed by atoms with Crippen LogP contribution < -0.4 is 0 Å². The molecule has 0 radical (unpaired) electrons. The number of hydrogen-bond donors (Lipinski definition) is 0. The molecule has 21 heavy (non-hydrogen) atoms. The molecule has 0 atom stereocenters. The van der Waals surface area contributed by atoms with Crippen LogP contribution >= 0.6 is 23.2 Å². The summed E-state index contributed by atoms with van der Waals surface area (Å²) in [5.74, 6) is -0.119. The van der Waals surface area contributed by atoms with Crippen LogP contribution in [0.3, 0.4) is 0 Å². The first-order valence-corrected chi connectivity index (χ1v) is 7.69. The highest BCUT2D eigenvalue weighted by molar-refractivity contribution is 6.62. The van der Waals surface area contributed by atoms with Gasteiger partial charge in [0.15, 0.2) is 10.1 Å². The van der Waals surface area contributed by atoms with Crippen molar-refractivity contribution in [2.45, 2.75) is 30.0 Å². The zero-order valence-electron chi connectivity index (χ0n) is 12.0. The predicted octanol–water partition coefficient (Wildman–Crippen LogP) is 4.74. The highest BCUT2D eigenvalue weighted by Crippen LogP contribution is 2.59. The Balaban J connectivity index is 2.20. The highest BCUT2D eigenvalue weighted by atomic mass is 35.5. The standard InChI is InChI=1S/C18H16Cl2O/c1-12-3-7-14(8-4-12)17(11-16(21)18(17,19)20)15-9-5-13(2)6-10-15/h3-10H,11H2,1-2H3. The average Bonchev–Trinajstić information content (AvgIpc) is 2.46. The van der Waals surface area contributed by atoms with Crippen molar-refractivity contribution < 1.29 is 4.79 Å². The van der Waals surface area contributed by atoms with Gasteiger partial charge in [0.2, 0.25) is 0 Å². The maximum atomic E-state index is 12.0. The van der Waals surface area contributed by atoms with Gasteiger partial charge in [0, 0.05) is 6.42 Å². The molecule has 2 aromatic carbocycles. The van der Waals surface area contributed by atoms with Gasteiger partial charge in [-0.25, -0.2) is 0 Å². The lowest BCUT2D eigenvalue weighted by molar-refractivity contribution is -0.128. The zero-order valence-corrected chi connectivity index (χ0v) is 13.5. The summed E-state index contributed by atoms with van der Waals surface area (Å²) in [5.41, 5.74) is 3.65. The Morgan fingerprint density at radius 2 is 1.19 bits per heavy atom. The van der Waals surface area contributed by atoms with E-state index in [0.29, 0.717) is 6.42 Å². The number of aryl methyl sites for hydroxylation is 2. The topological polar surface area (TPSA) is 17.1 Å². The van der Waals surface area contributed by atoms with E-state index >= 15 is 0 Å². The molecule has 0 spiro atoms. The molecule has 3 heteroatoms. The number of rotatable bonds is 2. The fourth-order valence-corrected chi connectivity index (χ4v) is 3.71. The van der Waals surface area contributed by atoms with Crippen molar-refractivity contribution in [3.8, 4) is 0 Å². The molecule has 0 bridgehead atoms. The third-order valence-electron chi connectivity index (χ3n) is 4.40. The first-order valence-electron chi connectivity index (χ1n) is 6.93. The second-order valence-corrected chi connectivity index (χ2v) is 7.14. The summed E-state index contributed by atoms with van der Waals surface area (Å²) in [6.07, 6.45) is 0.339. The Hall–Kier alpha value is -1.31. The van der Waals surface area contributed by atoms with Crippen LogP contribution in [0.5, 0.6) is 0 Å². The summed E-state index contributed by atoms with van der Waals surface area (Å²) >= 11 is 12.9. The van der Waals surface area contributed by atoms with Crippen molar-refractivity contribution in [2.75, 3.05) is 0 Å². The molecule has 0 saturated heterocycles. The molecule has 0 aliphatic heterocycles. The monoisotopic (exact) mass is 318 g/mol. The van der Waals surface area contributed by atoms with Gasteiger partial charge in [-0.15, -0.1) is 0 Å². The first-order chi connectivity index (χ1) is 9.88. The molecule has 1 aliphatic rings. The van der Waals surface area contributed by atoms with Gasteiger partial charge in [-0.05, 0) is 25.0 Å². The zero-order chi connectivity index (χ0) is 15.3. The van der Waals surface area contributed by atoms with E-state index in [1.807, 2.05) is 62.4 Å². The second-order valence-electron chi connectivity index (χ2n) is 5.81. The normalized spacial score (nSPS) is 19.1. The van der Waals surface area contributed by atoms with E-state index in [4.69, 9.17) is 23.2 Å². The predicted molar refractivity (Wildman–Crippen MR) is 87.2 cm³/mol. The van der Waals surface area contributed by atoms with Crippen molar-refractivity contribution in [3.63, 3.8) is 0 Å². The molecule has 0 N–H and O–H groups in total. The van der Waals surface area contributed by atoms with Gasteiger partial charge < -0.3 is 0 Å². The van der Waals surface area contributed by atoms with E-state index in [-0.39, 0.29) is 5.78 Å². The van der Waals surface area contributed by atoms with Crippen LogP contribution in [-0.4, -0.2) is 10.1 Å². The smallest absolute Gasteiger partial charge is 0.189 e. The lowest BCUT2D eigenvalue weighted by Gasteiger charge is -2.51. The lowest BCUT2D eigenvalue weighted by Crippen LogP contribution is -2.61. The van der Waals surface area contributed by atoms with Gasteiger partial charge in [0.1, 0.15) is 0 Å². The number of alkyl halides is 2. The van der Waals surface area contributed by atoms with Crippen LogP contribution in [-0.2, 0) is 10.2 Å². The fraction of sp³-hybridized carbons (Fsp3) is 0.278. The van der Waals surface area contributed by atoms with Crippen LogP contribution in [0.1, 0.15) is 28.7 Å². The van der Waals surface area contributed by atoms with Crippen molar-refractivity contribution >= 4 is 29.0 Å². The molecule has 108 valence electrons. The van der Waals surface area contributed by atoms with E-state index in [9.17, 15) is 4.79 Å². The maximum Gasteiger partial charge on any atom is 0.189 e. The number of Topliss-reactive ketones (excluding diaryl/α,β-unsaturated/α-hetero) is 1. The highest BCUT2D eigenvalue weighted by Gasteiger charge is 2.66. The molecule has 0 heterocycles. The Morgan fingerprint density at radius 1 is 0.810 bits per heavy atom. The largest absolute Gasteiger partial charge is 0.296 e. The average molecular weight is 319 g/mol. The number of hydrogen-bond acceptors (Lipinski definition) is 1. The summed E-state index contributed by atoms with van der Waals surface area (Å²) in [5, 5.41) is 0. The Labute approximate surface area is 134 Å². The maximum absolute atomic E-state index is 12.0. The number of ketones is 1. The van der Waals surface area contributed by atoms with Crippen molar-refractivity contribution in [2.24, 2.45) is 0 Å². The van der Waals surface area contributed by atoms with Crippen LogP contribution in [0, 0.1) is 13.8 Å². The summed E-state index contributed by atoms with van der Waals surface area (Å²) in [7, 11) is 0. The van der Waals surface area contributed by atoms with Crippen LogP contribution in [0.4, 0.5) is 0 Å². The first kappa shape index (κ1) is 14.6. The van der Waals surface area contributed by atoms with Gasteiger partial charge in [-0.3, -0.25) is 4.79 Å². The van der Waals surface area contributed by atoms with Gasteiger partial charge in [-0.2, -0.15) is 0 Å². The Bertz CT molecular complexity index is 639. The molecule has 1 nitrogen and oxygen atoms in total. The van der Waals surface area contributed by atoms with Crippen molar-refractivity contribution in [3.05, 3.63) is 70.8 Å². The van der Waals surface area contributed by atoms with Crippen LogP contribution in [0.2, 0.25) is 0 Å². The summed E-state index contributed by atoms with van der Waals surface area (Å²) in [4.78, 5) is 12.0. The molecular weight excluding hydrogens is 303 g/mol. The molecular formula is C18H16Cl2O. The lowest BCUT2D eigenvalue weighted by atomic mass is 9.59. The molecule has 0 aromatic heterocycles. The van der Waals surface area contributed by atoms with Gasteiger partial charge in [-0.1, -0.05) is 82.9 Å². The number of benzene rings is 2. The molecule has 0 unspecified atom stereocenters. The van der Waals surface area contributed by atoms with Crippen LogP contribution in [0.25, 0.3) is 0 Å². The van der Waals surface area contributed by atoms with Gasteiger partial charge in [0.25, 0.3) is 0 Å². The van der Waals surface area contributed by atoms with Crippen molar-refractivity contribution in [1.29, 1.82) is 0 Å².